The van der Waals surface area contributed by atoms with Crippen molar-refractivity contribution in [2.45, 2.75) is 6.42 Å². The average molecular weight is 265 g/mol. The zero-order valence-electron chi connectivity index (χ0n) is 9.21. The van der Waals surface area contributed by atoms with Gasteiger partial charge in [0.2, 0.25) is 5.88 Å². The molecule has 0 unspecified atom stereocenters. The van der Waals surface area contributed by atoms with E-state index in [9.17, 15) is 4.79 Å². The minimum atomic E-state index is -0.869. The van der Waals surface area contributed by atoms with Crippen LogP contribution in [0.3, 0.4) is 0 Å². The van der Waals surface area contributed by atoms with Crippen LogP contribution in [0, 0.1) is 0 Å². The summed E-state index contributed by atoms with van der Waals surface area (Å²) >= 11 is 5.70. The van der Waals surface area contributed by atoms with Crippen molar-refractivity contribution in [1.82, 2.24) is 9.97 Å². The minimum Gasteiger partial charge on any atom is -0.481 e. The van der Waals surface area contributed by atoms with Crippen LogP contribution in [0.5, 0.6) is 11.6 Å². The smallest absolute Gasteiger partial charge is 0.307 e. The van der Waals surface area contributed by atoms with Crippen molar-refractivity contribution >= 4 is 17.6 Å². The number of rotatable bonds is 4. The summed E-state index contributed by atoms with van der Waals surface area (Å²) in [6.07, 6.45) is 1.29. The highest BCUT2D eigenvalue weighted by Crippen LogP contribution is 2.21. The van der Waals surface area contributed by atoms with Gasteiger partial charge in [0.1, 0.15) is 17.2 Å². The van der Waals surface area contributed by atoms with Crippen molar-refractivity contribution in [2.24, 2.45) is 0 Å². The maximum Gasteiger partial charge on any atom is 0.307 e. The van der Waals surface area contributed by atoms with Crippen LogP contribution in [0.2, 0.25) is 5.15 Å². The van der Waals surface area contributed by atoms with Crippen LogP contribution >= 0.6 is 11.6 Å². The van der Waals surface area contributed by atoms with Crippen LogP contribution in [-0.4, -0.2) is 21.0 Å². The second-order valence-corrected chi connectivity index (χ2v) is 3.88. The molecule has 0 saturated carbocycles. The predicted molar refractivity (Wildman–Crippen MR) is 64.9 cm³/mol. The molecule has 0 spiro atoms. The zero-order chi connectivity index (χ0) is 13.0. The standard InChI is InChI=1S/C12H9ClN2O3/c13-10-6-11(15-7-14-10)18-9-3-1-8(2-4-9)5-12(16)17/h1-4,6-7H,5H2,(H,16,17). The predicted octanol–water partition coefficient (Wildman–Crippen LogP) is 2.55. The Balaban J connectivity index is 2.08. The van der Waals surface area contributed by atoms with Gasteiger partial charge in [-0.25, -0.2) is 9.97 Å². The largest absolute Gasteiger partial charge is 0.481 e. The van der Waals surface area contributed by atoms with E-state index in [2.05, 4.69) is 9.97 Å². The van der Waals surface area contributed by atoms with E-state index >= 15 is 0 Å². The average Bonchev–Trinajstić information content (AvgIpc) is 2.31. The number of hydrogen-bond donors (Lipinski definition) is 1. The van der Waals surface area contributed by atoms with E-state index in [0.717, 1.165) is 0 Å². The maximum atomic E-state index is 10.5. The van der Waals surface area contributed by atoms with Gasteiger partial charge in [-0.05, 0) is 17.7 Å². The van der Waals surface area contributed by atoms with Crippen LogP contribution in [-0.2, 0) is 11.2 Å². The van der Waals surface area contributed by atoms with Crippen LogP contribution < -0.4 is 4.74 Å². The zero-order valence-corrected chi connectivity index (χ0v) is 9.96. The third kappa shape index (κ3) is 3.43. The second kappa shape index (κ2) is 5.46. The van der Waals surface area contributed by atoms with Gasteiger partial charge >= 0.3 is 5.97 Å². The molecule has 0 aliphatic heterocycles. The fourth-order valence-corrected chi connectivity index (χ4v) is 1.48. The number of halogens is 1. The molecule has 2 rings (SSSR count). The van der Waals surface area contributed by atoms with Crippen LogP contribution in [0.4, 0.5) is 0 Å². The van der Waals surface area contributed by atoms with Crippen molar-refractivity contribution < 1.29 is 14.6 Å². The number of ether oxygens (including phenoxy) is 1. The highest BCUT2D eigenvalue weighted by Gasteiger charge is 2.03. The van der Waals surface area contributed by atoms with Crippen LogP contribution in [0.15, 0.2) is 36.7 Å². The SMILES string of the molecule is O=C(O)Cc1ccc(Oc2cc(Cl)ncn2)cc1. The monoisotopic (exact) mass is 264 g/mol. The van der Waals surface area contributed by atoms with Crippen molar-refractivity contribution in [3.8, 4) is 11.6 Å². The Morgan fingerprint density at radius 3 is 2.61 bits per heavy atom. The van der Waals surface area contributed by atoms with Gasteiger partial charge < -0.3 is 9.84 Å². The van der Waals surface area contributed by atoms with Gasteiger partial charge in [-0.3, -0.25) is 4.79 Å². The van der Waals surface area contributed by atoms with Crippen molar-refractivity contribution in [3.05, 3.63) is 47.4 Å². The topological polar surface area (TPSA) is 72.3 Å². The molecule has 0 amide bonds. The lowest BCUT2D eigenvalue weighted by Gasteiger charge is -2.05. The lowest BCUT2D eigenvalue weighted by Crippen LogP contribution is -1.99. The first-order valence-corrected chi connectivity index (χ1v) is 5.47. The molecule has 5 nitrogen and oxygen atoms in total. The number of aliphatic carboxylic acids is 1. The normalized spacial score (nSPS) is 10.1. The lowest BCUT2D eigenvalue weighted by molar-refractivity contribution is -0.136. The van der Waals surface area contributed by atoms with E-state index in [1.807, 2.05) is 0 Å². The van der Waals surface area contributed by atoms with E-state index in [1.165, 1.54) is 12.4 Å². The number of carboxylic acid groups (broad SMARTS) is 1. The van der Waals surface area contributed by atoms with Crippen LogP contribution in [0.25, 0.3) is 0 Å². The summed E-state index contributed by atoms with van der Waals surface area (Å²) in [6.45, 7) is 0. The molecule has 92 valence electrons. The molecule has 0 aliphatic carbocycles. The Labute approximate surface area is 108 Å². The van der Waals surface area contributed by atoms with Crippen molar-refractivity contribution in [1.29, 1.82) is 0 Å². The summed E-state index contributed by atoms with van der Waals surface area (Å²) in [7, 11) is 0. The Morgan fingerprint density at radius 1 is 1.28 bits per heavy atom. The Bertz CT molecular complexity index is 558. The van der Waals surface area contributed by atoms with Crippen LogP contribution in [0.1, 0.15) is 5.56 Å². The fourth-order valence-electron chi connectivity index (χ4n) is 1.34. The quantitative estimate of drug-likeness (QED) is 0.859. The van der Waals surface area contributed by atoms with E-state index < -0.39 is 5.97 Å². The summed E-state index contributed by atoms with van der Waals surface area (Å²) in [5.74, 6) is 0.0196. The molecule has 6 heteroatoms. The number of benzene rings is 1. The molecule has 1 heterocycles. The summed E-state index contributed by atoms with van der Waals surface area (Å²) < 4.78 is 5.44. The molecule has 0 atom stereocenters. The van der Waals surface area contributed by atoms with Gasteiger partial charge in [-0.15, -0.1) is 0 Å². The highest BCUT2D eigenvalue weighted by atomic mass is 35.5. The summed E-state index contributed by atoms with van der Waals surface area (Å²) in [5.41, 5.74) is 0.704. The summed E-state index contributed by atoms with van der Waals surface area (Å²) in [4.78, 5) is 18.2. The van der Waals surface area contributed by atoms with Gasteiger partial charge in [-0.2, -0.15) is 0 Å². The van der Waals surface area contributed by atoms with E-state index in [0.29, 0.717) is 22.3 Å². The summed E-state index contributed by atoms with van der Waals surface area (Å²) in [5, 5.41) is 8.93. The van der Waals surface area contributed by atoms with Gasteiger partial charge in [0.25, 0.3) is 0 Å². The van der Waals surface area contributed by atoms with Crippen molar-refractivity contribution in [3.63, 3.8) is 0 Å². The number of hydrogen-bond acceptors (Lipinski definition) is 4. The fraction of sp³-hybridized carbons (Fsp3) is 0.0833. The molecule has 0 fully saturated rings. The van der Waals surface area contributed by atoms with E-state index in [4.69, 9.17) is 21.4 Å². The number of aromatic nitrogens is 2. The minimum absolute atomic E-state index is 0.0143. The molecular formula is C12H9ClN2O3. The number of carboxylic acids is 1. The van der Waals surface area contributed by atoms with Gasteiger partial charge in [0.15, 0.2) is 0 Å². The second-order valence-electron chi connectivity index (χ2n) is 3.50. The molecule has 0 saturated heterocycles. The molecule has 1 aromatic heterocycles. The van der Waals surface area contributed by atoms with Crippen molar-refractivity contribution in [2.75, 3.05) is 0 Å². The number of nitrogens with zero attached hydrogens (tertiary/aromatic N) is 2. The van der Waals surface area contributed by atoms with E-state index in [-0.39, 0.29) is 6.42 Å². The molecule has 0 aliphatic rings. The van der Waals surface area contributed by atoms with Gasteiger partial charge in [0.05, 0.1) is 6.42 Å². The molecular weight excluding hydrogens is 256 g/mol. The Kier molecular flexibility index (Phi) is 3.74. The first-order chi connectivity index (χ1) is 8.63. The molecule has 0 radical (unpaired) electrons. The highest BCUT2D eigenvalue weighted by molar-refractivity contribution is 6.29. The van der Waals surface area contributed by atoms with Gasteiger partial charge in [0, 0.05) is 6.07 Å². The molecule has 18 heavy (non-hydrogen) atoms. The molecule has 2 aromatic rings. The Hall–Kier alpha value is -2.14. The Morgan fingerprint density at radius 2 is 2.00 bits per heavy atom. The lowest BCUT2D eigenvalue weighted by atomic mass is 10.1. The molecule has 0 bridgehead atoms. The molecule has 1 N–H and O–H groups in total. The molecule has 1 aromatic carbocycles. The van der Waals surface area contributed by atoms with E-state index in [1.54, 1.807) is 24.3 Å². The number of carbonyl (C=O) groups is 1. The van der Waals surface area contributed by atoms with Gasteiger partial charge in [-0.1, -0.05) is 23.7 Å². The summed E-state index contributed by atoms with van der Waals surface area (Å²) in [6, 6.07) is 8.22. The first-order valence-electron chi connectivity index (χ1n) is 5.09. The third-order valence-corrected chi connectivity index (χ3v) is 2.32. The maximum absolute atomic E-state index is 10.5. The third-order valence-electron chi connectivity index (χ3n) is 2.11. The first kappa shape index (κ1) is 12.3.